The van der Waals surface area contributed by atoms with Crippen molar-refractivity contribution in [1.82, 2.24) is 4.90 Å². The third-order valence-electron chi connectivity index (χ3n) is 1.85. The number of rotatable bonds is 6. The van der Waals surface area contributed by atoms with Crippen molar-refractivity contribution < 1.29 is 14.3 Å². The average molecular weight is 199 g/mol. The van der Waals surface area contributed by atoms with Gasteiger partial charge in [0.15, 0.2) is 0 Å². The minimum absolute atomic E-state index is 0.0184. The summed E-state index contributed by atoms with van der Waals surface area (Å²) >= 11 is 0. The number of carbonyl (C=O) groups is 2. The summed E-state index contributed by atoms with van der Waals surface area (Å²) in [6.45, 7) is 4.05. The molecule has 0 aliphatic carbocycles. The van der Waals surface area contributed by atoms with Crippen LogP contribution in [-0.4, -0.2) is 37.5 Å². The molecule has 0 N–H and O–H groups in total. The molecule has 4 nitrogen and oxygen atoms in total. The summed E-state index contributed by atoms with van der Waals surface area (Å²) in [4.78, 5) is 23.6. The fraction of sp³-hybridized carbons (Fsp3) is 0.600. The summed E-state index contributed by atoms with van der Waals surface area (Å²) in [5.41, 5.74) is 0. The van der Waals surface area contributed by atoms with Crippen LogP contribution < -0.4 is 0 Å². The zero-order valence-corrected chi connectivity index (χ0v) is 8.78. The number of ether oxygens (including phenoxy) is 1. The van der Waals surface area contributed by atoms with Crippen LogP contribution in [-0.2, 0) is 14.3 Å². The number of nitrogens with zero attached hydrogens (tertiary/aromatic N) is 1. The van der Waals surface area contributed by atoms with Crippen molar-refractivity contribution in [2.75, 3.05) is 20.7 Å². The topological polar surface area (TPSA) is 46.6 Å². The van der Waals surface area contributed by atoms with Crippen molar-refractivity contribution in [2.24, 2.45) is 0 Å². The molecule has 0 saturated heterocycles. The SMILES string of the molecule is C=CCC(=O)N(C)CCCC(=O)OC. The molecular weight excluding hydrogens is 182 g/mol. The molecule has 0 rings (SSSR count). The van der Waals surface area contributed by atoms with Gasteiger partial charge >= 0.3 is 5.97 Å². The van der Waals surface area contributed by atoms with Gasteiger partial charge in [-0.15, -0.1) is 6.58 Å². The van der Waals surface area contributed by atoms with E-state index < -0.39 is 0 Å². The van der Waals surface area contributed by atoms with E-state index in [1.54, 1.807) is 18.0 Å². The van der Waals surface area contributed by atoms with Crippen LogP contribution in [0.3, 0.4) is 0 Å². The van der Waals surface area contributed by atoms with Crippen molar-refractivity contribution in [2.45, 2.75) is 19.3 Å². The van der Waals surface area contributed by atoms with Crippen molar-refractivity contribution in [3.63, 3.8) is 0 Å². The number of hydrogen-bond donors (Lipinski definition) is 0. The minimum atomic E-state index is -0.241. The van der Waals surface area contributed by atoms with E-state index in [-0.39, 0.29) is 11.9 Å². The summed E-state index contributed by atoms with van der Waals surface area (Å²) in [5.74, 6) is -0.223. The van der Waals surface area contributed by atoms with Gasteiger partial charge in [0.25, 0.3) is 0 Å². The van der Waals surface area contributed by atoms with Gasteiger partial charge in [-0.3, -0.25) is 9.59 Å². The van der Waals surface area contributed by atoms with Crippen LogP contribution in [0.15, 0.2) is 12.7 Å². The van der Waals surface area contributed by atoms with E-state index in [9.17, 15) is 9.59 Å². The van der Waals surface area contributed by atoms with Gasteiger partial charge in [-0.1, -0.05) is 6.08 Å². The zero-order valence-electron chi connectivity index (χ0n) is 8.78. The lowest BCUT2D eigenvalue weighted by Gasteiger charge is -2.15. The van der Waals surface area contributed by atoms with Gasteiger partial charge < -0.3 is 9.64 Å². The van der Waals surface area contributed by atoms with E-state index in [4.69, 9.17) is 0 Å². The third-order valence-corrected chi connectivity index (χ3v) is 1.85. The molecular formula is C10H17NO3. The summed E-state index contributed by atoms with van der Waals surface area (Å²) in [5, 5.41) is 0. The molecule has 0 aliphatic heterocycles. The monoisotopic (exact) mass is 199 g/mol. The van der Waals surface area contributed by atoms with Crippen LogP contribution in [0.2, 0.25) is 0 Å². The maximum Gasteiger partial charge on any atom is 0.305 e. The molecule has 0 fully saturated rings. The van der Waals surface area contributed by atoms with Crippen molar-refractivity contribution in [3.05, 3.63) is 12.7 Å². The molecule has 1 amide bonds. The largest absolute Gasteiger partial charge is 0.469 e. The fourth-order valence-electron chi connectivity index (χ4n) is 0.967. The summed E-state index contributed by atoms with van der Waals surface area (Å²) < 4.78 is 4.48. The highest BCUT2D eigenvalue weighted by Gasteiger charge is 2.07. The molecule has 0 radical (unpaired) electrons. The first-order valence-corrected chi connectivity index (χ1v) is 4.53. The van der Waals surface area contributed by atoms with Crippen LogP contribution in [0, 0.1) is 0 Å². The molecule has 80 valence electrons. The van der Waals surface area contributed by atoms with E-state index in [2.05, 4.69) is 11.3 Å². The van der Waals surface area contributed by atoms with Crippen LogP contribution in [0.5, 0.6) is 0 Å². The molecule has 14 heavy (non-hydrogen) atoms. The zero-order chi connectivity index (χ0) is 11.0. The van der Waals surface area contributed by atoms with Gasteiger partial charge in [-0.05, 0) is 6.42 Å². The standard InChI is InChI=1S/C10H17NO3/c1-4-6-9(12)11(2)8-5-7-10(13)14-3/h4H,1,5-8H2,2-3H3. The molecule has 0 unspecified atom stereocenters. The third kappa shape index (κ3) is 5.35. The van der Waals surface area contributed by atoms with Crippen LogP contribution in [0.25, 0.3) is 0 Å². The van der Waals surface area contributed by atoms with Gasteiger partial charge in [-0.25, -0.2) is 0 Å². The molecule has 0 bridgehead atoms. The molecule has 0 atom stereocenters. The normalized spacial score (nSPS) is 9.29. The Balaban J connectivity index is 3.62. The van der Waals surface area contributed by atoms with E-state index in [1.165, 1.54) is 7.11 Å². The van der Waals surface area contributed by atoms with Gasteiger partial charge in [-0.2, -0.15) is 0 Å². The average Bonchev–Trinajstić information content (AvgIpc) is 2.17. The summed E-state index contributed by atoms with van der Waals surface area (Å²) in [6, 6.07) is 0. The smallest absolute Gasteiger partial charge is 0.305 e. The summed E-state index contributed by atoms with van der Waals surface area (Å²) in [6.07, 6.45) is 2.89. The lowest BCUT2D eigenvalue weighted by molar-refractivity contribution is -0.141. The van der Waals surface area contributed by atoms with Crippen molar-refractivity contribution in [1.29, 1.82) is 0 Å². The number of carbonyl (C=O) groups excluding carboxylic acids is 2. The highest BCUT2D eigenvalue weighted by molar-refractivity contribution is 5.77. The second-order valence-electron chi connectivity index (χ2n) is 2.99. The Morgan fingerprint density at radius 3 is 2.64 bits per heavy atom. The first-order valence-electron chi connectivity index (χ1n) is 4.53. The van der Waals surface area contributed by atoms with Crippen molar-refractivity contribution >= 4 is 11.9 Å². The Labute approximate surface area is 84.5 Å². The number of methoxy groups -OCH3 is 1. The van der Waals surface area contributed by atoms with Gasteiger partial charge in [0.1, 0.15) is 0 Å². The molecule has 0 heterocycles. The van der Waals surface area contributed by atoms with E-state index in [0.717, 1.165) is 0 Å². The molecule has 0 aromatic heterocycles. The molecule has 0 saturated carbocycles. The number of amides is 1. The molecule has 0 aliphatic rings. The van der Waals surface area contributed by atoms with E-state index in [0.29, 0.717) is 25.8 Å². The predicted molar refractivity (Wildman–Crippen MR) is 53.7 cm³/mol. The Hall–Kier alpha value is -1.32. The maximum atomic E-state index is 11.2. The molecule has 0 aromatic carbocycles. The Kier molecular flexibility index (Phi) is 6.45. The highest BCUT2D eigenvalue weighted by atomic mass is 16.5. The lowest BCUT2D eigenvalue weighted by atomic mass is 10.3. The number of hydrogen-bond acceptors (Lipinski definition) is 3. The van der Waals surface area contributed by atoms with Crippen molar-refractivity contribution in [3.8, 4) is 0 Å². The maximum absolute atomic E-state index is 11.2. The van der Waals surface area contributed by atoms with Gasteiger partial charge in [0.2, 0.25) is 5.91 Å². The summed E-state index contributed by atoms with van der Waals surface area (Å²) in [7, 11) is 3.07. The van der Waals surface area contributed by atoms with E-state index >= 15 is 0 Å². The number of esters is 1. The second kappa shape index (κ2) is 7.12. The predicted octanol–water partition coefficient (Wildman–Crippen LogP) is 0.974. The van der Waals surface area contributed by atoms with Crippen LogP contribution in [0.1, 0.15) is 19.3 Å². The Morgan fingerprint density at radius 2 is 2.14 bits per heavy atom. The Bertz CT molecular complexity index is 213. The Morgan fingerprint density at radius 1 is 1.50 bits per heavy atom. The fourth-order valence-corrected chi connectivity index (χ4v) is 0.967. The van der Waals surface area contributed by atoms with E-state index in [1.807, 2.05) is 0 Å². The second-order valence-corrected chi connectivity index (χ2v) is 2.99. The highest BCUT2D eigenvalue weighted by Crippen LogP contribution is 1.97. The minimum Gasteiger partial charge on any atom is -0.469 e. The molecule has 0 spiro atoms. The van der Waals surface area contributed by atoms with Crippen LogP contribution in [0.4, 0.5) is 0 Å². The van der Waals surface area contributed by atoms with Gasteiger partial charge in [0.05, 0.1) is 7.11 Å². The lowest BCUT2D eigenvalue weighted by Crippen LogP contribution is -2.27. The molecule has 4 heteroatoms. The first-order chi connectivity index (χ1) is 6.61. The molecule has 0 aromatic rings. The van der Waals surface area contributed by atoms with Crippen LogP contribution >= 0.6 is 0 Å². The quantitative estimate of drug-likeness (QED) is 0.473. The first kappa shape index (κ1) is 12.7. The van der Waals surface area contributed by atoms with Gasteiger partial charge in [0, 0.05) is 26.4 Å².